The monoisotopic (exact) mass is 260 g/mol. The van der Waals surface area contributed by atoms with Crippen LogP contribution in [0.5, 0.6) is 0 Å². The quantitative estimate of drug-likeness (QED) is 0.874. The van der Waals surface area contributed by atoms with Gasteiger partial charge in [-0.15, -0.1) is 0 Å². The van der Waals surface area contributed by atoms with E-state index in [9.17, 15) is 0 Å². The van der Waals surface area contributed by atoms with Gasteiger partial charge in [-0.1, -0.05) is 44.2 Å². The largest absolute Gasteiger partial charge is 0.313 e. The molecule has 0 saturated heterocycles. The van der Waals surface area contributed by atoms with E-state index >= 15 is 0 Å². The molecule has 2 heteroatoms. The maximum absolute atomic E-state index is 3.68. The van der Waals surface area contributed by atoms with Gasteiger partial charge >= 0.3 is 0 Å². The lowest BCUT2D eigenvalue weighted by Crippen LogP contribution is -2.51. The lowest BCUT2D eigenvalue weighted by molar-refractivity contribution is 0.120. The predicted octanol–water partition coefficient (Wildman–Crippen LogP) is 3.29. The van der Waals surface area contributed by atoms with Crippen molar-refractivity contribution in [2.75, 3.05) is 13.6 Å². The van der Waals surface area contributed by atoms with Crippen molar-refractivity contribution in [1.29, 1.82) is 0 Å². The molecule has 1 aliphatic rings. The molecule has 0 spiro atoms. The third-order valence-electron chi connectivity index (χ3n) is 4.39. The van der Waals surface area contributed by atoms with E-state index in [0.29, 0.717) is 12.1 Å². The molecule has 0 bridgehead atoms. The van der Waals surface area contributed by atoms with Gasteiger partial charge < -0.3 is 5.32 Å². The Hall–Kier alpha value is -0.860. The van der Waals surface area contributed by atoms with Crippen LogP contribution in [0.4, 0.5) is 0 Å². The summed E-state index contributed by atoms with van der Waals surface area (Å²) in [6.45, 7) is 6.74. The Labute approximate surface area is 118 Å². The van der Waals surface area contributed by atoms with Crippen LogP contribution in [0.3, 0.4) is 0 Å². The van der Waals surface area contributed by atoms with Crippen molar-refractivity contribution in [2.24, 2.45) is 5.92 Å². The number of nitrogens with one attached hydrogen (secondary N) is 1. The third kappa shape index (κ3) is 4.05. The third-order valence-corrected chi connectivity index (χ3v) is 4.39. The molecule has 1 fully saturated rings. The first-order chi connectivity index (χ1) is 9.20. The van der Waals surface area contributed by atoms with Gasteiger partial charge in [0.15, 0.2) is 0 Å². The van der Waals surface area contributed by atoms with Crippen LogP contribution >= 0.6 is 0 Å². The van der Waals surface area contributed by atoms with E-state index in [1.54, 1.807) is 0 Å². The van der Waals surface area contributed by atoms with E-state index in [-0.39, 0.29) is 0 Å². The van der Waals surface area contributed by atoms with Gasteiger partial charge in [-0.05, 0) is 44.3 Å². The second-order valence-electron chi connectivity index (χ2n) is 6.05. The molecule has 1 aromatic rings. The maximum atomic E-state index is 3.68. The van der Waals surface area contributed by atoms with Crippen LogP contribution in [0, 0.1) is 5.92 Å². The van der Waals surface area contributed by atoms with Crippen molar-refractivity contribution in [3.05, 3.63) is 35.9 Å². The summed E-state index contributed by atoms with van der Waals surface area (Å²) >= 11 is 0. The fraction of sp³-hybridized carbons (Fsp3) is 0.647. The Balaban J connectivity index is 1.99. The SMILES string of the molecule is CCNC1CCC(C)CC1N(C)Cc1ccccc1. The Morgan fingerprint density at radius 3 is 2.63 bits per heavy atom. The van der Waals surface area contributed by atoms with Gasteiger partial charge in [0.25, 0.3) is 0 Å². The number of rotatable bonds is 5. The minimum Gasteiger partial charge on any atom is -0.313 e. The van der Waals surface area contributed by atoms with Crippen molar-refractivity contribution in [3.63, 3.8) is 0 Å². The number of hydrogen-bond donors (Lipinski definition) is 1. The smallest absolute Gasteiger partial charge is 0.0252 e. The van der Waals surface area contributed by atoms with E-state index in [2.05, 4.69) is 61.4 Å². The predicted molar refractivity (Wildman–Crippen MR) is 82.2 cm³/mol. The first-order valence-corrected chi connectivity index (χ1v) is 7.68. The molecule has 2 nitrogen and oxygen atoms in total. The summed E-state index contributed by atoms with van der Waals surface area (Å²) in [7, 11) is 2.28. The van der Waals surface area contributed by atoms with E-state index < -0.39 is 0 Å². The van der Waals surface area contributed by atoms with Crippen molar-refractivity contribution in [1.82, 2.24) is 10.2 Å². The molecular weight excluding hydrogens is 232 g/mol. The molecule has 106 valence electrons. The molecule has 3 atom stereocenters. The standard InChI is InChI=1S/C17H28N2/c1-4-18-16-11-10-14(2)12-17(16)19(3)13-15-8-6-5-7-9-15/h5-9,14,16-18H,4,10-13H2,1-3H3. The van der Waals surface area contributed by atoms with Crippen molar-refractivity contribution in [2.45, 2.75) is 51.7 Å². The zero-order valence-electron chi connectivity index (χ0n) is 12.6. The molecule has 1 aromatic carbocycles. The van der Waals surface area contributed by atoms with Crippen LogP contribution in [0.2, 0.25) is 0 Å². The Kier molecular flexibility index (Phi) is 5.41. The molecule has 0 amide bonds. The second-order valence-corrected chi connectivity index (χ2v) is 6.05. The first-order valence-electron chi connectivity index (χ1n) is 7.68. The highest BCUT2D eigenvalue weighted by atomic mass is 15.2. The molecule has 19 heavy (non-hydrogen) atoms. The van der Waals surface area contributed by atoms with E-state index in [1.165, 1.54) is 24.8 Å². The molecule has 2 rings (SSSR count). The van der Waals surface area contributed by atoms with Crippen molar-refractivity contribution < 1.29 is 0 Å². The summed E-state index contributed by atoms with van der Waals surface area (Å²) < 4.78 is 0. The summed E-state index contributed by atoms with van der Waals surface area (Å²) in [4.78, 5) is 2.54. The summed E-state index contributed by atoms with van der Waals surface area (Å²) in [5.74, 6) is 0.859. The number of likely N-dealkylation sites (N-methyl/N-ethyl adjacent to an activating group) is 2. The first kappa shape index (κ1) is 14.5. The van der Waals surface area contributed by atoms with E-state index in [4.69, 9.17) is 0 Å². The van der Waals surface area contributed by atoms with Gasteiger partial charge in [0, 0.05) is 18.6 Å². The molecule has 0 radical (unpaired) electrons. The minimum absolute atomic E-state index is 0.662. The zero-order valence-corrected chi connectivity index (χ0v) is 12.6. The molecule has 3 unspecified atom stereocenters. The Morgan fingerprint density at radius 1 is 1.21 bits per heavy atom. The van der Waals surface area contributed by atoms with Gasteiger partial charge in [0.1, 0.15) is 0 Å². The Bertz CT molecular complexity index is 363. The average Bonchev–Trinajstić information content (AvgIpc) is 2.42. The number of hydrogen-bond acceptors (Lipinski definition) is 2. The van der Waals surface area contributed by atoms with Gasteiger partial charge in [-0.25, -0.2) is 0 Å². The summed E-state index contributed by atoms with van der Waals surface area (Å²) in [6.07, 6.45) is 4.01. The molecule has 0 aromatic heterocycles. The van der Waals surface area contributed by atoms with Crippen molar-refractivity contribution in [3.8, 4) is 0 Å². The summed E-state index contributed by atoms with van der Waals surface area (Å²) in [6, 6.07) is 12.1. The highest BCUT2D eigenvalue weighted by Gasteiger charge is 2.30. The maximum Gasteiger partial charge on any atom is 0.0252 e. The lowest BCUT2D eigenvalue weighted by atomic mass is 9.82. The Morgan fingerprint density at radius 2 is 1.95 bits per heavy atom. The van der Waals surface area contributed by atoms with E-state index in [1.807, 2.05) is 0 Å². The van der Waals surface area contributed by atoms with E-state index in [0.717, 1.165) is 19.0 Å². The zero-order chi connectivity index (χ0) is 13.7. The molecule has 1 N–H and O–H groups in total. The van der Waals surface area contributed by atoms with Gasteiger partial charge in [0.05, 0.1) is 0 Å². The number of benzene rings is 1. The number of nitrogens with zero attached hydrogens (tertiary/aromatic N) is 1. The van der Waals surface area contributed by atoms with Crippen molar-refractivity contribution >= 4 is 0 Å². The molecular formula is C17H28N2. The van der Waals surface area contributed by atoms with Crippen LogP contribution in [-0.2, 0) is 6.54 Å². The lowest BCUT2D eigenvalue weighted by Gasteiger charge is -2.41. The fourth-order valence-corrected chi connectivity index (χ4v) is 3.33. The van der Waals surface area contributed by atoms with Crippen LogP contribution in [0.25, 0.3) is 0 Å². The average molecular weight is 260 g/mol. The van der Waals surface area contributed by atoms with Gasteiger partial charge in [-0.3, -0.25) is 4.90 Å². The normalized spacial score (nSPS) is 27.7. The minimum atomic E-state index is 0.662. The van der Waals surface area contributed by atoms with Crippen LogP contribution in [0.15, 0.2) is 30.3 Å². The van der Waals surface area contributed by atoms with Crippen LogP contribution in [0.1, 0.15) is 38.7 Å². The van der Waals surface area contributed by atoms with Crippen LogP contribution < -0.4 is 5.32 Å². The highest BCUT2D eigenvalue weighted by molar-refractivity contribution is 5.14. The molecule has 1 aliphatic carbocycles. The second kappa shape index (κ2) is 7.06. The molecule has 0 heterocycles. The van der Waals surface area contributed by atoms with Gasteiger partial charge in [-0.2, -0.15) is 0 Å². The summed E-state index contributed by atoms with van der Waals surface area (Å²) in [5.41, 5.74) is 1.42. The molecule has 1 saturated carbocycles. The van der Waals surface area contributed by atoms with Gasteiger partial charge in [0.2, 0.25) is 0 Å². The topological polar surface area (TPSA) is 15.3 Å². The molecule has 0 aliphatic heterocycles. The van der Waals surface area contributed by atoms with Crippen LogP contribution in [-0.4, -0.2) is 30.6 Å². The summed E-state index contributed by atoms with van der Waals surface area (Å²) in [5, 5.41) is 3.68. The fourth-order valence-electron chi connectivity index (χ4n) is 3.33. The highest BCUT2D eigenvalue weighted by Crippen LogP contribution is 2.28.